The lowest BCUT2D eigenvalue weighted by atomic mass is 9.96. The van der Waals surface area contributed by atoms with Crippen molar-refractivity contribution in [2.24, 2.45) is 0 Å². The molecule has 0 aliphatic rings. The smallest absolute Gasteiger partial charge is 0.264 e. The molecule has 0 aliphatic heterocycles. The second-order valence-corrected chi connectivity index (χ2v) is 7.60. The molecule has 8 heteroatoms. The Morgan fingerprint density at radius 1 is 1.48 bits per heavy atom. The number of hydrogen-bond donors (Lipinski definition) is 1. The van der Waals surface area contributed by atoms with E-state index in [2.05, 4.69) is 25.3 Å². The van der Waals surface area contributed by atoms with Gasteiger partial charge in [-0.1, -0.05) is 33.6 Å². The normalized spacial score (nSPS) is 14.1. The van der Waals surface area contributed by atoms with Gasteiger partial charge in [0.25, 0.3) is 5.56 Å². The quantitative estimate of drug-likeness (QED) is 0.712. The summed E-state index contributed by atoms with van der Waals surface area (Å²) in [6.45, 7) is 3.44. The molecule has 0 fully saturated rings. The van der Waals surface area contributed by atoms with Crippen molar-refractivity contribution in [3.05, 3.63) is 55.6 Å². The average molecular weight is 415 g/mol. The van der Waals surface area contributed by atoms with Gasteiger partial charge in [0, 0.05) is 15.1 Å². The molecule has 0 saturated heterocycles. The number of hydrogen-bond acceptors (Lipinski definition) is 5. The van der Waals surface area contributed by atoms with E-state index in [-0.39, 0.29) is 12.1 Å². The van der Waals surface area contributed by atoms with Gasteiger partial charge in [-0.2, -0.15) is 4.37 Å². The zero-order valence-electron chi connectivity index (χ0n) is 12.4. The van der Waals surface area contributed by atoms with E-state index in [9.17, 15) is 9.90 Å². The monoisotopic (exact) mass is 413 g/mol. The van der Waals surface area contributed by atoms with Gasteiger partial charge in [-0.3, -0.25) is 9.36 Å². The molecular formula is C15H13BrClN3O2S. The van der Waals surface area contributed by atoms with Crippen molar-refractivity contribution in [1.29, 1.82) is 0 Å². The van der Waals surface area contributed by atoms with E-state index in [1.807, 2.05) is 0 Å². The first-order valence-corrected chi connectivity index (χ1v) is 8.73. The number of nitrogens with zero attached hydrogens (tertiary/aromatic N) is 3. The van der Waals surface area contributed by atoms with Crippen LogP contribution in [0.1, 0.15) is 18.2 Å². The molecule has 3 aromatic rings. The Bertz CT molecular complexity index is 952. The van der Waals surface area contributed by atoms with Crippen LogP contribution in [0.15, 0.2) is 33.8 Å². The highest BCUT2D eigenvalue weighted by atomic mass is 79.9. The number of aromatic nitrogens is 3. The highest BCUT2D eigenvalue weighted by Crippen LogP contribution is 2.31. The molecule has 0 spiro atoms. The molecule has 1 unspecified atom stereocenters. The first kappa shape index (κ1) is 16.6. The minimum atomic E-state index is -1.31. The predicted octanol–water partition coefficient (Wildman–Crippen LogP) is 3.49. The molecule has 2 heterocycles. The third-order valence-electron chi connectivity index (χ3n) is 3.62. The van der Waals surface area contributed by atoms with Crippen LogP contribution in [0.4, 0.5) is 0 Å². The van der Waals surface area contributed by atoms with Crippen molar-refractivity contribution >= 4 is 49.3 Å². The van der Waals surface area contributed by atoms with Gasteiger partial charge in [0.1, 0.15) is 5.60 Å². The summed E-state index contributed by atoms with van der Waals surface area (Å²) < 4.78 is 6.37. The number of aliphatic hydroxyl groups is 1. The first-order chi connectivity index (χ1) is 10.8. The summed E-state index contributed by atoms with van der Waals surface area (Å²) in [5, 5.41) is 11.8. The molecule has 0 bridgehead atoms. The fraction of sp³-hybridized carbons (Fsp3) is 0.267. The van der Waals surface area contributed by atoms with Gasteiger partial charge in [0.15, 0.2) is 4.83 Å². The maximum absolute atomic E-state index is 12.6. The van der Waals surface area contributed by atoms with E-state index in [1.165, 1.54) is 22.4 Å². The van der Waals surface area contributed by atoms with Crippen LogP contribution < -0.4 is 5.56 Å². The molecule has 1 aromatic carbocycles. The van der Waals surface area contributed by atoms with Gasteiger partial charge in [0.2, 0.25) is 0 Å². The third-order valence-corrected chi connectivity index (χ3v) is 5.28. The second-order valence-electron chi connectivity index (χ2n) is 5.52. The van der Waals surface area contributed by atoms with E-state index < -0.39 is 5.60 Å². The van der Waals surface area contributed by atoms with Crippen LogP contribution in [0.3, 0.4) is 0 Å². The van der Waals surface area contributed by atoms with E-state index >= 15 is 0 Å². The van der Waals surface area contributed by atoms with Gasteiger partial charge < -0.3 is 5.11 Å². The Kier molecular flexibility index (Phi) is 4.31. The third kappa shape index (κ3) is 3.06. The van der Waals surface area contributed by atoms with Crippen LogP contribution in [0.2, 0.25) is 5.02 Å². The van der Waals surface area contributed by atoms with Gasteiger partial charge in [-0.25, -0.2) is 4.98 Å². The number of rotatable bonds is 3. The maximum Gasteiger partial charge on any atom is 0.264 e. The fourth-order valence-corrected chi connectivity index (χ4v) is 4.08. The van der Waals surface area contributed by atoms with Crippen LogP contribution in [0, 0.1) is 6.92 Å². The molecule has 120 valence electrons. The average Bonchev–Trinajstić information content (AvgIpc) is 2.83. The summed E-state index contributed by atoms with van der Waals surface area (Å²) in [5.74, 6) is 0. The van der Waals surface area contributed by atoms with Crippen molar-refractivity contribution < 1.29 is 5.11 Å². The lowest BCUT2D eigenvalue weighted by Crippen LogP contribution is -2.33. The van der Waals surface area contributed by atoms with E-state index in [0.717, 1.165) is 4.47 Å². The lowest BCUT2D eigenvalue weighted by molar-refractivity contribution is 0.0372. The molecule has 3 rings (SSSR count). The Morgan fingerprint density at radius 3 is 2.91 bits per heavy atom. The molecule has 0 saturated carbocycles. The summed E-state index contributed by atoms with van der Waals surface area (Å²) in [7, 11) is 0. The lowest BCUT2D eigenvalue weighted by Gasteiger charge is -2.25. The van der Waals surface area contributed by atoms with E-state index in [4.69, 9.17) is 11.6 Å². The molecule has 2 aromatic heterocycles. The zero-order chi connectivity index (χ0) is 16.8. The zero-order valence-corrected chi connectivity index (χ0v) is 15.5. The van der Waals surface area contributed by atoms with Crippen molar-refractivity contribution in [2.45, 2.75) is 26.0 Å². The second kappa shape index (κ2) is 5.98. The molecular weight excluding hydrogens is 402 g/mol. The van der Waals surface area contributed by atoms with Crippen LogP contribution in [-0.4, -0.2) is 19.0 Å². The Hall–Kier alpha value is -1.28. The Labute approximate surface area is 149 Å². The minimum Gasteiger partial charge on any atom is -0.384 e. The van der Waals surface area contributed by atoms with E-state index in [0.29, 0.717) is 26.5 Å². The predicted molar refractivity (Wildman–Crippen MR) is 95.1 cm³/mol. The van der Waals surface area contributed by atoms with Gasteiger partial charge in [-0.15, -0.1) is 0 Å². The number of benzene rings is 1. The molecule has 1 N–H and O–H groups in total. The first-order valence-electron chi connectivity index (χ1n) is 6.79. The van der Waals surface area contributed by atoms with Gasteiger partial charge >= 0.3 is 0 Å². The molecule has 5 nitrogen and oxygen atoms in total. The Morgan fingerprint density at radius 2 is 2.22 bits per heavy atom. The summed E-state index contributed by atoms with van der Waals surface area (Å²) >= 11 is 10.7. The van der Waals surface area contributed by atoms with Crippen LogP contribution >= 0.6 is 39.1 Å². The Balaban J connectivity index is 2.05. The highest BCUT2D eigenvalue weighted by molar-refractivity contribution is 9.10. The maximum atomic E-state index is 12.6. The molecule has 0 radical (unpaired) electrons. The van der Waals surface area contributed by atoms with Crippen molar-refractivity contribution in [3.63, 3.8) is 0 Å². The largest absolute Gasteiger partial charge is 0.384 e. The van der Waals surface area contributed by atoms with Crippen LogP contribution in [0.25, 0.3) is 10.2 Å². The standard InChI is InChI=1S/C15H13BrClN3O2S/c1-8-12-13(23-19-8)18-7-20(14(12)21)6-15(2,22)10-4-3-9(16)5-11(10)17/h3-5,7,22H,6H2,1-2H3. The summed E-state index contributed by atoms with van der Waals surface area (Å²) in [6.07, 6.45) is 1.43. The summed E-state index contributed by atoms with van der Waals surface area (Å²) in [5.41, 5.74) is -0.323. The minimum absolute atomic E-state index is 0.0470. The van der Waals surface area contributed by atoms with Crippen LogP contribution in [-0.2, 0) is 12.1 Å². The summed E-state index contributed by atoms with van der Waals surface area (Å²) in [6, 6.07) is 5.25. The van der Waals surface area contributed by atoms with Crippen molar-refractivity contribution in [2.75, 3.05) is 0 Å². The highest BCUT2D eigenvalue weighted by Gasteiger charge is 2.27. The number of halogens is 2. The molecule has 23 heavy (non-hydrogen) atoms. The SMILES string of the molecule is Cc1nsc2ncn(CC(C)(O)c3ccc(Br)cc3Cl)c(=O)c12. The molecule has 0 amide bonds. The summed E-state index contributed by atoms with van der Waals surface area (Å²) in [4.78, 5) is 17.4. The molecule has 0 aliphatic carbocycles. The van der Waals surface area contributed by atoms with Gasteiger partial charge in [0.05, 0.1) is 24.0 Å². The van der Waals surface area contributed by atoms with E-state index in [1.54, 1.807) is 32.0 Å². The van der Waals surface area contributed by atoms with Crippen molar-refractivity contribution in [3.8, 4) is 0 Å². The number of fused-ring (bicyclic) bond motifs is 1. The topological polar surface area (TPSA) is 68.0 Å². The number of aryl methyl sites for hydroxylation is 1. The fourth-order valence-electron chi connectivity index (χ4n) is 2.47. The van der Waals surface area contributed by atoms with Crippen LogP contribution in [0.5, 0.6) is 0 Å². The van der Waals surface area contributed by atoms with Crippen molar-refractivity contribution in [1.82, 2.24) is 13.9 Å². The van der Waals surface area contributed by atoms with Gasteiger partial charge in [-0.05, 0) is 37.5 Å². The molecule has 1 atom stereocenters.